The van der Waals surface area contributed by atoms with Gasteiger partial charge in [0.2, 0.25) is 0 Å². The third-order valence-corrected chi connectivity index (χ3v) is 3.45. The number of allylic oxidation sites excluding steroid dienone is 4. The van der Waals surface area contributed by atoms with E-state index < -0.39 is 0 Å². The third-order valence-electron chi connectivity index (χ3n) is 2.18. The quantitative estimate of drug-likeness (QED) is 0.532. The minimum absolute atomic E-state index is 0.781. The van der Waals surface area contributed by atoms with Crippen molar-refractivity contribution in [2.75, 3.05) is 5.75 Å². The third kappa shape index (κ3) is 6.22. The molecular weight excluding hydrogens is 264 g/mol. The van der Waals surface area contributed by atoms with Crippen molar-refractivity contribution in [2.24, 2.45) is 9.98 Å². The number of hydrogen-bond donors (Lipinski definition) is 0. The molecule has 18 heavy (non-hydrogen) atoms. The fourth-order valence-corrected chi connectivity index (χ4v) is 2.56. The van der Waals surface area contributed by atoms with Crippen LogP contribution in [-0.4, -0.2) is 16.6 Å². The molecule has 1 aliphatic carbocycles. The molecule has 0 bridgehead atoms. The Hall–Kier alpha value is -0.800. The summed E-state index contributed by atoms with van der Waals surface area (Å²) in [6.07, 6.45) is 6.04. The van der Waals surface area contributed by atoms with Gasteiger partial charge in [-0.2, -0.15) is 0 Å². The van der Waals surface area contributed by atoms with Crippen LogP contribution in [0.3, 0.4) is 0 Å². The first-order valence-electron chi connectivity index (χ1n) is 5.90. The summed E-state index contributed by atoms with van der Waals surface area (Å²) in [5, 5.41) is 1.71. The van der Waals surface area contributed by atoms with Crippen LogP contribution in [0.5, 0.6) is 0 Å². The summed E-state index contributed by atoms with van der Waals surface area (Å²) >= 11 is 7.58. The first kappa shape index (κ1) is 15.3. The topological polar surface area (TPSA) is 24.7 Å². The van der Waals surface area contributed by atoms with Crippen molar-refractivity contribution in [1.29, 1.82) is 0 Å². The summed E-state index contributed by atoms with van der Waals surface area (Å²) < 4.78 is 0. The van der Waals surface area contributed by atoms with Gasteiger partial charge < -0.3 is 0 Å². The fraction of sp³-hybridized carbons (Fsp3) is 0.429. The molecule has 4 heteroatoms. The van der Waals surface area contributed by atoms with Gasteiger partial charge in [-0.25, -0.2) is 9.98 Å². The molecule has 2 nitrogen and oxygen atoms in total. The maximum atomic E-state index is 5.93. The lowest BCUT2D eigenvalue weighted by molar-refractivity contribution is 0.952. The molecule has 0 radical (unpaired) electrons. The van der Waals surface area contributed by atoms with Crippen molar-refractivity contribution < 1.29 is 0 Å². The summed E-state index contributed by atoms with van der Waals surface area (Å²) in [6.45, 7) is 9.61. The van der Waals surface area contributed by atoms with Crippen molar-refractivity contribution in [2.45, 2.75) is 33.6 Å². The van der Waals surface area contributed by atoms with Crippen LogP contribution in [0.4, 0.5) is 0 Å². The first-order valence-corrected chi connectivity index (χ1v) is 7.26. The van der Waals surface area contributed by atoms with E-state index in [9.17, 15) is 0 Å². The van der Waals surface area contributed by atoms with Gasteiger partial charge in [0.15, 0.2) is 5.17 Å². The van der Waals surface area contributed by atoms with Crippen molar-refractivity contribution >= 4 is 34.2 Å². The molecule has 0 saturated heterocycles. The summed E-state index contributed by atoms with van der Waals surface area (Å²) in [6, 6.07) is 0. The van der Waals surface area contributed by atoms with Gasteiger partial charge in [0.1, 0.15) is 0 Å². The van der Waals surface area contributed by atoms with E-state index in [0.29, 0.717) is 0 Å². The number of halogens is 1. The Bertz CT molecular complexity index is 441. The van der Waals surface area contributed by atoms with Crippen LogP contribution < -0.4 is 0 Å². The SMILES string of the molecule is C=C(C)N=C(N=C(C)C)SCC1=CC=C(Cl)CC1. The van der Waals surface area contributed by atoms with Crippen molar-refractivity contribution in [3.63, 3.8) is 0 Å². The molecule has 0 unspecified atom stereocenters. The lowest BCUT2D eigenvalue weighted by atomic mass is 10.1. The van der Waals surface area contributed by atoms with Gasteiger partial charge in [-0.3, -0.25) is 0 Å². The van der Waals surface area contributed by atoms with E-state index in [1.54, 1.807) is 11.8 Å². The number of nitrogens with zero attached hydrogens (tertiary/aromatic N) is 2. The van der Waals surface area contributed by atoms with E-state index in [2.05, 4.69) is 22.6 Å². The van der Waals surface area contributed by atoms with E-state index in [1.165, 1.54) is 5.57 Å². The van der Waals surface area contributed by atoms with Crippen LogP contribution in [0.15, 0.2) is 45.0 Å². The Morgan fingerprint density at radius 3 is 2.50 bits per heavy atom. The molecule has 0 fully saturated rings. The number of rotatable bonds is 3. The van der Waals surface area contributed by atoms with Gasteiger partial charge in [-0.1, -0.05) is 41.6 Å². The minimum atomic E-state index is 0.781. The van der Waals surface area contributed by atoms with Crippen molar-refractivity contribution in [3.8, 4) is 0 Å². The summed E-state index contributed by atoms with van der Waals surface area (Å²) in [7, 11) is 0. The molecule has 1 rings (SSSR count). The molecule has 0 heterocycles. The maximum absolute atomic E-state index is 5.93. The fourth-order valence-electron chi connectivity index (χ4n) is 1.38. The van der Waals surface area contributed by atoms with Crippen LogP contribution >= 0.6 is 23.4 Å². The molecule has 0 N–H and O–H groups in total. The van der Waals surface area contributed by atoms with Gasteiger partial charge in [-0.15, -0.1) is 0 Å². The summed E-state index contributed by atoms with van der Waals surface area (Å²) in [4.78, 5) is 8.76. The normalized spacial score (nSPS) is 15.9. The molecule has 1 aliphatic rings. The van der Waals surface area contributed by atoms with Crippen molar-refractivity contribution in [3.05, 3.63) is 35.0 Å². The average molecular weight is 283 g/mol. The minimum Gasteiger partial charge on any atom is -0.233 e. The number of aliphatic imine (C=N–C) groups is 2. The first-order chi connectivity index (χ1) is 8.47. The largest absolute Gasteiger partial charge is 0.233 e. The highest BCUT2D eigenvalue weighted by Gasteiger charge is 2.07. The predicted octanol–water partition coefficient (Wildman–Crippen LogP) is 4.93. The molecule has 0 spiro atoms. The molecule has 98 valence electrons. The zero-order chi connectivity index (χ0) is 13.5. The Morgan fingerprint density at radius 2 is 2.00 bits per heavy atom. The van der Waals surface area contributed by atoms with Gasteiger partial charge in [0.25, 0.3) is 0 Å². The Kier molecular flexibility index (Phi) is 6.44. The number of hydrogen-bond acceptors (Lipinski definition) is 2. The van der Waals surface area contributed by atoms with Gasteiger partial charge in [-0.05, 0) is 39.7 Å². The zero-order valence-corrected chi connectivity index (χ0v) is 12.7. The molecule has 0 aliphatic heterocycles. The van der Waals surface area contributed by atoms with Gasteiger partial charge in [0, 0.05) is 22.2 Å². The summed E-state index contributed by atoms with van der Waals surface area (Å²) in [5.41, 5.74) is 3.16. The molecular formula is C14H19ClN2S. The Labute approximate surface area is 119 Å². The van der Waals surface area contributed by atoms with Crippen LogP contribution in [0, 0.1) is 0 Å². The van der Waals surface area contributed by atoms with Crippen molar-refractivity contribution in [1.82, 2.24) is 0 Å². The Balaban J connectivity index is 2.64. The number of amidine groups is 1. The van der Waals surface area contributed by atoms with E-state index in [-0.39, 0.29) is 0 Å². The standard InChI is InChI=1S/C14H19ClN2S/c1-10(2)16-14(17-11(3)4)18-9-12-5-7-13(15)8-6-12/h5,7H,1,6,8-9H2,2-4H3. The smallest absolute Gasteiger partial charge is 0.187 e. The van der Waals surface area contributed by atoms with E-state index >= 15 is 0 Å². The molecule has 0 atom stereocenters. The number of thioether (sulfide) groups is 1. The lowest BCUT2D eigenvalue weighted by Gasteiger charge is -2.10. The van der Waals surface area contributed by atoms with Crippen LogP contribution in [0.2, 0.25) is 0 Å². The van der Waals surface area contributed by atoms with Gasteiger partial charge >= 0.3 is 0 Å². The second-order valence-electron chi connectivity index (χ2n) is 4.42. The van der Waals surface area contributed by atoms with Crippen LogP contribution in [0.1, 0.15) is 33.6 Å². The van der Waals surface area contributed by atoms with Crippen LogP contribution in [0.25, 0.3) is 0 Å². The molecule has 0 aromatic carbocycles. The van der Waals surface area contributed by atoms with E-state index in [0.717, 1.165) is 40.2 Å². The average Bonchev–Trinajstić information content (AvgIpc) is 2.26. The van der Waals surface area contributed by atoms with Crippen LogP contribution in [-0.2, 0) is 0 Å². The highest BCUT2D eigenvalue weighted by atomic mass is 35.5. The molecule has 0 saturated carbocycles. The highest BCUT2D eigenvalue weighted by Crippen LogP contribution is 2.24. The monoisotopic (exact) mass is 282 g/mol. The Morgan fingerprint density at radius 1 is 1.28 bits per heavy atom. The van der Waals surface area contributed by atoms with E-state index in [4.69, 9.17) is 11.6 Å². The predicted molar refractivity (Wildman–Crippen MR) is 84.7 cm³/mol. The highest BCUT2D eigenvalue weighted by molar-refractivity contribution is 8.14. The summed E-state index contributed by atoms with van der Waals surface area (Å²) in [5.74, 6) is 0.906. The van der Waals surface area contributed by atoms with E-state index in [1.807, 2.05) is 26.8 Å². The molecule has 0 aromatic rings. The zero-order valence-electron chi connectivity index (χ0n) is 11.2. The second-order valence-corrected chi connectivity index (χ2v) is 5.84. The second kappa shape index (κ2) is 7.59. The molecule has 0 amide bonds. The molecule has 0 aromatic heterocycles. The maximum Gasteiger partial charge on any atom is 0.187 e. The van der Waals surface area contributed by atoms with Gasteiger partial charge in [0.05, 0.1) is 0 Å². The lowest BCUT2D eigenvalue weighted by Crippen LogP contribution is -1.98.